The molecule has 0 aliphatic carbocycles. The SMILES string of the molecule is CCNc1nc(C)cc(NC(C)CCCC(C)C)n1. The molecule has 0 aromatic carbocycles. The van der Waals surface area contributed by atoms with Crippen molar-refractivity contribution in [1.82, 2.24) is 9.97 Å². The van der Waals surface area contributed by atoms with Gasteiger partial charge in [-0.1, -0.05) is 26.7 Å². The van der Waals surface area contributed by atoms with E-state index >= 15 is 0 Å². The number of rotatable bonds is 8. The van der Waals surface area contributed by atoms with Gasteiger partial charge in [0.15, 0.2) is 0 Å². The topological polar surface area (TPSA) is 49.8 Å². The Labute approximate surface area is 117 Å². The standard InChI is InChI=1S/C15H28N4/c1-6-16-15-18-13(5)10-14(19-15)17-12(4)9-7-8-11(2)3/h10-12H,6-9H2,1-5H3,(H2,16,17,18,19). The van der Waals surface area contributed by atoms with E-state index in [0.717, 1.165) is 24.0 Å². The van der Waals surface area contributed by atoms with Crippen molar-refractivity contribution < 1.29 is 0 Å². The lowest BCUT2D eigenvalue weighted by Gasteiger charge is -2.16. The Morgan fingerprint density at radius 2 is 1.89 bits per heavy atom. The molecule has 0 fully saturated rings. The third kappa shape index (κ3) is 6.41. The van der Waals surface area contributed by atoms with Crippen LogP contribution in [0.2, 0.25) is 0 Å². The number of aromatic nitrogens is 2. The van der Waals surface area contributed by atoms with Crippen LogP contribution < -0.4 is 10.6 Å². The lowest BCUT2D eigenvalue weighted by Crippen LogP contribution is -2.17. The van der Waals surface area contributed by atoms with Crippen LogP contribution in [0.25, 0.3) is 0 Å². The van der Waals surface area contributed by atoms with Crippen LogP contribution in [0.3, 0.4) is 0 Å². The van der Waals surface area contributed by atoms with Crippen molar-refractivity contribution in [3.63, 3.8) is 0 Å². The maximum atomic E-state index is 4.47. The van der Waals surface area contributed by atoms with E-state index in [4.69, 9.17) is 0 Å². The first-order valence-corrected chi connectivity index (χ1v) is 7.37. The first-order valence-electron chi connectivity index (χ1n) is 7.37. The van der Waals surface area contributed by atoms with Crippen LogP contribution in [0.15, 0.2) is 6.07 Å². The second-order valence-electron chi connectivity index (χ2n) is 5.62. The predicted octanol–water partition coefficient (Wildman–Crippen LogP) is 3.84. The summed E-state index contributed by atoms with van der Waals surface area (Å²) in [5.41, 5.74) is 0.989. The van der Waals surface area contributed by atoms with Gasteiger partial charge in [-0.15, -0.1) is 0 Å². The first-order chi connectivity index (χ1) is 9.01. The largest absolute Gasteiger partial charge is 0.367 e. The fourth-order valence-electron chi connectivity index (χ4n) is 2.04. The van der Waals surface area contributed by atoms with Gasteiger partial charge >= 0.3 is 0 Å². The Balaban J connectivity index is 2.51. The van der Waals surface area contributed by atoms with Gasteiger partial charge in [-0.2, -0.15) is 4.98 Å². The minimum atomic E-state index is 0.447. The predicted molar refractivity (Wildman–Crippen MR) is 82.7 cm³/mol. The second kappa shape index (κ2) is 7.97. The molecule has 108 valence electrons. The van der Waals surface area contributed by atoms with Crippen molar-refractivity contribution in [3.8, 4) is 0 Å². The van der Waals surface area contributed by atoms with Crippen LogP contribution in [0, 0.1) is 12.8 Å². The molecule has 0 saturated carbocycles. The normalized spacial score (nSPS) is 12.5. The van der Waals surface area contributed by atoms with Crippen LogP contribution in [0.4, 0.5) is 11.8 Å². The highest BCUT2D eigenvalue weighted by molar-refractivity contribution is 5.42. The molecule has 4 nitrogen and oxygen atoms in total. The molecule has 0 spiro atoms. The molecule has 4 heteroatoms. The van der Waals surface area contributed by atoms with Gasteiger partial charge in [0.05, 0.1) is 0 Å². The summed E-state index contributed by atoms with van der Waals surface area (Å²) in [4.78, 5) is 8.83. The van der Waals surface area contributed by atoms with Gasteiger partial charge in [0.2, 0.25) is 5.95 Å². The molecular weight excluding hydrogens is 236 g/mol. The lowest BCUT2D eigenvalue weighted by molar-refractivity contribution is 0.520. The summed E-state index contributed by atoms with van der Waals surface area (Å²) in [5.74, 6) is 2.41. The Morgan fingerprint density at radius 3 is 2.53 bits per heavy atom. The molecule has 1 unspecified atom stereocenters. The van der Waals surface area contributed by atoms with E-state index in [2.05, 4.69) is 41.4 Å². The zero-order valence-corrected chi connectivity index (χ0v) is 13.0. The van der Waals surface area contributed by atoms with Gasteiger partial charge in [0.1, 0.15) is 5.82 Å². The van der Waals surface area contributed by atoms with Crippen molar-refractivity contribution in [2.45, 2.75) is 59.9 Å². The minimum absolute atomic E-state index is 0.447. The molecule has 19 heavy (non-hydrogen) atoms. The number of nitrogens with one attached hydrogen (secondary N) is 2. The number of nitrogens with zero attached hydrogens (tertiary/aromatic N) is 2. The summed E-state index contributed by atoms with van der Waals surface area (Å²) in [7, 11) is 0. The lowest BCUT2D eigenvalue weighted by atomic mass is 10.0. The first kappa shape index (κ1) is 15.7. The van der Waals surface area contributed by atoms with Crippen molar-refractivity contribution in [2.75, 3.05) is 17.2 Å². The van der Waals surface area contributed by atoms with E-state index in [0.29, 0.717) is 12.0 Å². The zero-order chi connectivity index (χ0) is 14.3. The average molecular weight is 264 g/mol. The van der Waals surface area contributed by atoms with E-state index in [1.54, 1.807) is 0 Å². The molecule has 0 saturated heterocycles. The maximum absolute atomic E-state index is 4.47. The van der Waals surface area contributed by atoms with E-state index in [-0.39, 0.29) is 0 Å². The van der Waals surface area contributed by atoms with Gasteiger partial charge in [0.25, 0.3) is 0 Å². The number of aryl methyl sites for hydroxylation is 1. The third-order valence-electron chi connectivity index (χ3n) is 3.00. The van der Waals surface area contributed by atoms with Gasteiger partial charge in [0, 0.05) is 24.3 Å². The Kier molecular flexibility index (Phi) is 6.60. The van der Waals surface area contributed by atoms with Crippen LogP contribution >= 0.6 is 0 Å². The Morgan fingerprint density at radius 1 is 1.16 bits per heavy atom. The summed E-state index contributed by atoms with van der Waals surface area (Å²) in [6.07, 6.45) is 3.73. The molecule has 0 bridgehead atoms. The monoisotopic (exact) mass is 264 g/mol. The van der Waals surface area contributed by atoms with Crippen molar-refractivity contribution >= 4 is 11.8 Å². The molecule has 1 aromatic heterocycles. The van der Waals surface area contributed by atoms with Crippen LogP contribution in [-0.2, 0) is 0 Å². The molecule has 0 aliphatic heterocycles. The fraction of sp³-hybridized carbons (Fsp3) is 0.733. The van der Waals surface area contributed by atoms with Crippen LogP contribution in [0.5, 0.6) is 0 Å². The quantitative estimate of drug-likeness (QED) is 0.749. The molecule has 2 N–H and O–H groups in total. The molecule has 1 heterocycles. The van der Waals surface area contributed by atoms with Gasteiger partial charge in [-0.25, -0.2) is 4.98 Å². The highest BCUT2D eigenvalue weighted by Gasteiger charge is 2.06. The third-order valence-corrected chi connectivity index (χ3v) is 3.00. The molecular formula is C15H28N4. The molecule has 1 atom stereocenters. The highest BCUT2D eigenvalue weighted by Crippen LogP contribution is 2.14. The van der Waals surface area contributed by atoms with E-state index in [1.807, 2.05) is 19.9 Å². The van der Waals surface area contributed by atoms with E-state index in [1.165, 1.54) is 19.3 Å². The Bertz CT molecular complexity index is 376. The summed E-state index contributed by atoms with van der Waals surface area (Å²) < 4.78 is 0. The molecule has 0 aliphatic rings. The van der Waals surface area contributed by atoms with Crippen molar-refractivity contribution in [1.29, 1.82) is 0 Å². The minimum Gasteiger partial charge on any atom is -0.367 e. The average Bonchev–Trinajstić information content (AvgIpc) is 2.27. The summed E-state index contributed by atoms with van der Waals surface area (Å²) in [6.45, 7) is 11.6. The van der Waals surface area contributed by atoms with Crippen LogP contribution in [-0.4, -0.2) is 22.6 Å². The Hall–Kier alpha value is -1.32. The molecule has 0 amide bonds. The van der Waals surface area contributed by atoms with Gasteiger partial charge in [-0.05, 0) is 33.1 Å². The zero-order valence-electron chi connectivity index (χ0n) is 13.0. The summed E-state index contributed by atoms with van der Waals surface area (Å²) >= 11 is 0. The van der Waals surface area contributed by atoms with Gasteiger partial charge in [-0.3, -0.25) is 0 Å². The number of hydrogen-bond donors (Lipinski definition) is 2. The van der Waals surface area contributed by atoms with Gasteiger partial charge < -0.3 is 10.6 Å². The molecule has 1 rings (SSSR count). The smallest absolute Gasteiger partial charge is 0.224 e. The fourth-order valence-corrected chi connectivity index (χ4v) is 2.04. The van der Waals surface area contributed by atoms with Crippen molar-refractivity contribution in [2.24, 2.45) is 5.92 Å². The summed E-state index contributed by atoms with van der Waals surface area (Å²) in [5, 5.41) is 6.62. The van der Waals surface area contributed by atoms with Crippen LogP contribution in [0.1, 0.15) is 52.7 Å². The second-order valence-corrected chi connectivity index (χ2v) is 5.62. The number of hydrogen-bond acceptors (Lipinski definition) is 4. The van der Waals surface area contributed by atoms with E-state index in [9.17, 15) is 0 Å². The molecule has 0 radical (unpaired) electrons. The highest BCUT2D eigenvalue weighted by atomic mass is 15.1. The van der Waals surface area contributed by atoms with Crippen molar-refractivity contribution in [3.05, 3.63) is 11.8 Å². The maximum Gasteiger partial charge on any atom is 0.224 e. The number of anilines is 2. The molecule has 1 aromatic rings. The van der Waals surface area contributed by atoms with E-state index < -0.39 is 0 Å². The summed E-state index contributed by atoms with van der Waals surface area (Å²) in [6, 6.07) is 2.45.